The molecule has 3 heterocycles. The summed E-state index contributed by atoms with van der Waals surface area (Å²) in [6, 6.07) is 4.20. The molecule has 3 rings (SSSR count). The number of piperidine rings is 1. The van der Waals surface area contributed by atoms with E-state index in [1.54, 1.807) is 18.4 Å². The van der Waals surface area contributed by atoms with E-state index in [9.17, 15) is 4.79 Å². The lowest BCUT2D eigenvalue weighted by Crippen LogP contribution is -2.45. The van der Waals surface area contributed by atoms with Crippen molar-refractivity contribution in [2.24, 2.45) is 0 Å². The van der Waals surface area contributed by atoms with Crippen LogP contribution in [0, 0.1) is 0 Å². The van der Waals surface area contributed by atoms with Crippen LogP contribution in [0.1, 0.15) is 36.2 Å². The van der Waals surface area contributed by atoms with E-state index in [1.807, 2.05) is 4.90 Å². The normalized spacial score (nSPS) is 22.6. The number of rotatable bonds is 2. The Kier molecular flexibility index (Phi) is 3.37. The number of amides is 1. The van der Waals surface area contributed by atoms with Gasteiger partial charge in [-0.3, -0.25) is 4.79 Å². The van der Waals surface area contributed by atoms with Gasteiger partial charge in [-0.05, 0) is 50.9 Å². The molecule has 0 bridgehead atoms. The molecule has 2 saturated heterocycles. The number of nitrogens with zero attached hydrogens (tertiary/aromatic N) is 2. The minimum atomic E-state index is 0.0415. The average molecular weight is 248 g/mol. The highest BCUT2D eigenvalue weighted by Crippen LogP contribution is 2.22. The van der Waals surface area contributed by atoms with Crippen molar-refractivity contribution >= 4 is 5.91 Å². The third kappa shape index (κ3) is 2.29. The van der Waals surface area contributed by atoms with Gasteiger partial charge in [0.05, 0.1) is 6.26 Å². The van der Waals surface area contributed by atoms with E-state index < -0.39 is 0 Å². The third-order valence-electron chi connectivity index (χ3n) is 4.14. The molecule has 0 atom stereocenters. The SMILES string of the molecule is O=C(c1ccco1)N1CCC(N2CCCC2)CC1. The molecule has 2 fully saturated rings. The summed E-state index contributed by atoms with van der Waals surface area (Å²) < 4.78 is 5.17. The van der Waals surface area contributed by atoms with E-state index in [4.69, 9.17) is 4.42 Å². The molecular weight excluding hydrogens is 228 g/mol. The summed E-state index contributed by atoms with van der Waals surface area (Å²) in [5.41, 5.74) is 0. The van der Waals surface area contributed by atoms with Crippen molar-refractivity contribution in [1.82, 2.24) is 9.80 Å². The van der Waals surface area contributed by atoms with Crippen LogP contribution in [0.25, 0.3) is 0 Å². The van der Waals surface area contributed by atoms with E-state index >= 15 is 0 Å². The first-order valence-corrected chi connectivity index (χ1v) is 6.91. The van der Waals surface area contributed by atoms with Crippen molar-refractivity contribution < 1.29 is 9.21 Å². The molecule has 18 heavy (non-hydrogen) atoms. The van der Waals surface area contributed by atoms with Crippen LogP contribution in [-0.2, 0) is 0 Å². The van der Waals surface area contributed by atoms with Crippen molar-refractivity contribution in [3.63, 3.8) is 0 Å². The zero-order chi connectivity index (χ0) is 12.4. The van der Waals surface area contributed by atoms with Crippen molar-refractivity contribution in [3.05, 3.63) is 24.2 Å². The summed E-state index contributed by atoms with van der Waals surface area (Å²) in [7, 11) is 0. The van der Waals surface area contributed by atoms with Gasteiger partial charge in [0, 0.05) is 19.1 Å². The van der Waals surface area contributed by atoms with Crippen LogP contribution in [0.5, 0.6) is 0 Å². The quantitative estimate of drug-likeness (QED) is 0.803. The Balaban J connectivity index is 1.55. The maximum Gasteiger partial charge on any atom is 0.289 e. The Hall–Kier alpha value is -1.29. The molecule has 0 aromatic carbocycles. The molecular formula is C14H20N2O2. The van der Waals surface area contributed by atoms with Crippen LogP contribution in [0.3, 0.4) is 0 Å². The Morgan fingerprint density at radius 2 is 1.89 bits per heavy atom. The number of hydrogen-bond donors (Lipinski definition) is 0. The average Bonchev–Trinajstić information content (AvgIpc) is 3.11. The summed E-state index contributed by atoms with van der Waals surface area (Å²) in [6.45, 7) is 4.22. The molecule has 1 amide bonds. The summed E-state index contributed by atoms with van der Waals surface area (Å²) in [6.07, 6.45) is 6.44. The monoisotopic (exact) mass is 248 g/mol. The summed E-state index contributed by atoms with van der Waals surface area (Å²) >= 11 is 0. The second-order valence-electron chi connectivity index (χ2n) is 5.24. The standard InChI is InChI=1S/C14H20N2O2/c17-14(13-4-3-11-18-13)16-9-5-12(6-10-16)15-7-1-2-8-15/h3-4,11-12H,1-2,5-10H2. The predicted molar refractivity (Wildman–Crippen MR) is 68.4 cm³/mol. The molecule has 0 spiro atoms. The number of hydrogen-bond acceptors (Lipinski definition) is 3. The van der Waals surface area contributed by atoms with Gasteiger partial charge in [-0.25, -0.2) is 0 Å². The van der Waals surface area contributed by atoms with Gasteiger partial charge in [0.15, 0.2) is 5.76 Å². The highest BCUT2D eigenvalue weighted by Gasteiger charge is 2.29. The van der Waals surface area contributed by atoms with Gasteiger partial charge in [-0.1, -0.05) is 0 Å². The molecule has 0 aliphatic carbocycles. The predicted octanol–water partition coefficient (Wildman–Crippen LogP) is 1.98. The molecule has 1 aromatic heterocycles. The molecule has 1 aromatic rings. The number of carbonyl (C=O) groups excluding carboxylic acids is 1. The first-order chi connectivity index (χ1) is 8.84. The molecule has 2 aliphatic rings. The van der Waals surface area contributed by atoms with E-state index in [0.29, 0.717) is 11.8 Å². The van der Waals surface area contributed by atoms with Crippen LogP contribution in [0.2, 0.25) is 0 Å². The van der Waals surface area contributed by atoms with Gasteiger partial charge in [0.1, 0.15) is 0 Å². The molecule has 2 aliphatic heterocycles. The Morgan fingerprint density at radius 3 is 2.50 bits per heavy atom. The highest BCUT2D eigenvalue weighted by molar-refractivity contribution is 5.91. The number of carbonyl (C=O) groups is 1. The zero-order valence-corrected chi connectivity index (χ0v) is 10.7. The van der Waals surface area contributed by atoms with E-state index in [2.05, 4.69) is 4.90 Å². The van der Waals surface area contributed by atoms with Crippen molar-refractivity contribution in [1.29, 1.82) is 0 Å². The molecule has 0 unspecified atom stereocenters. The minimum Gasteiger partial charge on any atom is -0.459 e. The second-order valence-corrected chi connectivity index (χ2v) is 5.24. The highest BCUT2D eigenvalue weighted by atomic mass is 16.3. The molecule has 0 saturated carbocycles. The van der Waals surface area contributed by atoms with Crippen molar-refractivity contribution in [2.45, 2.75) is 31.7 Å². The van der Waals surface area contributed by atoms with Gasteiger partial charge >= 0.3 is 0 Å². The lowest BCUT2D eigenvalue weighted by atomic mass is 10.0. The first-order valence-electron chi connectivity index (χ1n) is 6.91. The fraction of sp³-hybridized carbons (Fsp3) is 0.643. The molecule has 98 valence electrons. The van der Waals surface area contributed by atoms with Gasteiger partial charge in [0.2, 0.25) is 0 Å². The van der Waals surface area contributed by atoms with Crippen LogP contribution < -0.4 is 0 Å². The maximum absolute atomic E-state index is 12.1. The zero-order valence-electron chi connectivity index (χ0n) is 10.7. The maximum atomic E-state index is 12.1. The Bertz CT molecular complexity index is 388. The number of furan rings is 1. The van der Waals surface area contributed by atoms with E-state index in [-0.39, 0.29) is 5.91 Å². The van der Waals surface area contributed by atoms with Gasteiger partial charge in [-0.2, -0.15) is 0 Å². The molecule has 4 heteroatoms. The fourth-order valence-electron chi connectivity index (χ4n) is 3.10. The van der Waals surface area contributed by atoms with Crippen LogP contribution in [0.15, 0.2) is 22.8 Å². The topological polar surface area (TPSA) is 36.7 Å². The van der Waals surface area contributed by atoms with Crippen molar-refractivity contribution in [3.8, 4) is 0 Å². The smallest absolute Gasteiger partial charge is 0.289 e. The van der Waals surface area contributed by atoms with E-state index in [1.165, 1.54) is 25.9 Å². The lowest BCUT2D eigenvalue weighted by Gasteiger charge is -2.36. The van der Waals surface area contributed by atoms with E-state index in [0.717, 1.165) is 25.9 Å². The summed E-state index contributed by atoms with van der Waals surface area (Å²) in [5.74, 6) is 0.509. The van der Waals surface area contributed by atoms with Gasteiger partial charge in [0.25, 0.3) is 5.91 Å². The second kappa shape index (κ2) is 5.14. The molecule has 0 radical (unpaired) electrons. The van der Waals surface area contributed by atoms with Gasteiger partial charge < -0.3 is 14.2 Å². The molecule has 0 N–H and O–H groups in total. The van der Waals surface area contributed by atoms with Crippen molar-refractivity contribution in [2.75, 3.05) is 26.2 Å². The molecule has 4 nitrogen and oxygen atoms in total. The Labute approximate surface area is 108 Å². The summed E-state index contributed by atoms with van der Waals surface area (Å²) in [4.78, 5) is 16.6. The summed E-state index contributed by atoms with van der Waals surface area (Å²) in [5, 5.41) is 0. The fourth-order valence-corrected chi connectivity index (χ4v) is 3.10. The Morgan fingerprint density at radius 1 is 1.17 bits per heavy atom. The third-order valence-corrected chi connectivity index (χ3v) is 4.14. The van der Waals surface area contributed by atoms with Crippen LogP contribution in [-0.4, -0.2) is 47.9 Å². The first kappa shape index (κ1) is 11.8. The minimum absolute atomic E-state index is 0.0415. The van der Waals surface area contributed by atoms with Crippen LogP contribution >= 0.6 is 0 Å². The lowest BCUT2D eigenvalue weighted by molar-refractivity contribution is 0.0614. The number of likely N-dealkylation sites (tertiary alicyclic amines) is 2. The van der Waals surface area contributed by atoms with Gasteiger partial charge in [-0.15, -0.1) is 0 Å². The van der Waals surface area contributed by atoms with Crippen LogP contribution in [0.4, 0.5) is 0 Å². The largest absolute Gasteiger partial charge is 0.459 e.